The van der Waals surface area contributed by atoms with Crippen LogP contribution in [-0.4, -0.2) is 53.8 Å². The topological polar surface area (TPSA) is 88.4 Å². The van der Waals surface area contributed by atoms with Gasteiger partial charge in [-0.2, -0.15) is 5.10 Å². The summed E-state index contributed by atoms with van der Waals surface area (Å²) in [4.78, 5) is 11.9. The lowest BCUT2D eigenvalue weighted by molar-refractivity contribution is 0.0394. The lowest BCUT2D eigenvalue weighted by Gasteiger charge is -2.23. The molecule has 0 saturated carbocycles. The molecule has 0 spiro atoms. The summed E-state index contributed by atoms with van der Waals surface area (Å²) in [6.45, 7) is 3.31. The number of halogens is 1. The molecule has 3 N–H and O–H groups in total. The van der Waals surface area contributed by atoms with E-state index < -0.39 is 0 Å². The standard InChI is InChI=1S/C13H21BrN4O3/c14-12-11(9-17-18(6-7-19)13(12)20)16-5-8-21-10-1-3-15-4-2-10/h9-10,15-16,19H,1-8H2. The first-order valence-corrected chi connectivity index (χ1v) is 7.94. The lowest BCUT2D eigenvalue weighted by Crippen LogP contribution is -2.33. The molecule has 1 aliphatic rings. The molecule has 2 rings (SSSR count). The quantitative estimate of drug-likeness (QED) is 0.601. The molecule has 8 heteroatoms. The second-order valence-corrected chi connectivity index (χ2v) is 5.66. The normalized spacial score (nSPS) is 16.1. The summed E-state index contributed by atoms with van der Waals surface area (Å²) < 4.78 is 7.43. The summed E-state index contributed by atoms with van der Waals surface area (Å²) in [6, 6.07) is 0. The van der Waals surface area contributed by atoms with Crippen LogP contribution in [0.3, 0.4) is 0 Å². The summed E-state index contributed by atoms with van der Waals surface area (Å²) in [6.07, 6.45) is 3.99. The Balaban J connectivity index is 1.80. The van der Waals surface area contributed by atoms with E-state index in [0.29, 0.717) is 29.4 Å². The maximum absolute atomic E-state index is 11.9. The van der Waals surface area contributed by atoms with Gasteiger partial charge in [-0.25, -0.2) is 4.68 Å². The van der Waals surface area contributed by atoms with E-state index in [9.17, 15) is 4.79 Å². The molecule has 2 heterocycles. The molecule has 1 aromatic rings. The minimum Gasteiger partial charge on any atom is -0.394 e. The summed E-state index contributed by atoms with van der Waals surface area (Å²) in [5, 5.41) is 19.3. The van der Waals surface area contributed by atoms with Crippen molar-refractivity contribution in [2.75, 3.05) is 38.2 Å². The number of hydrogen-bond acceptors (Lipinski definition) is 6. The fourth-order valence-corrected chi connectivity index (χ4v) is 2.66. The number of aromatic nitrogens is 2. The Labute approximate surface area is 131 Å². The molecule has 1 aromatic heterocycles. The van der Waals surface area contributed by atoms with Crippen LogP contribution in [0.4, 0.5) is 5.69 Å². The second kappa shape index (κ2) is 8.47. The number of nitrogens with zero attached hydrogens (tertiary/aromatic N) is 2. The van der Waals surface area contributed by atoms with Gasteiger partial charge in [-0.15, -0.1) is 0 Å². The van der Waals surface area contributed by atoms with Crippen LogP contribution in [0.25, 0.3) is 0 Å². The van der Waals surface area contributed by atoms with E-state index in [-0.39, 0.29) is 18.7 Å². The fraction of sp³-hybridized carbons (Fsp3) is 0.692. The highest BCUT2D eigenvalue weighted by atomic mass is 79.9. The maximum Gasteiger partial charge on any atom is 0.283 e. The van der Waals surface area contributed by atoms with Crippen molar-refractivity contribution in [3.63, 3.8) is 0 Å². The molecule has 0 amide bonds. The Morgan fingerprint density at radius 3 is 3.00 bits per heavy atom. The molecule has 0 aromatic carbocycles. The SMILES string of the molecule is O=c1c(Br)c(NCCOC2CCNCC2)cnn1CCO. The molecule has 1 fully saturated rings. The monoisotopic (exact) mass is 360 g/mol. The van der Waals surface area contributed by atoms with Crippen LogP contribution < -0.4 is 16.2 Å². The zero-order chi connectivity index (χ0) is 15.1. The summed E-state index contributed by atoms with van der Waals surface area (Å²) in [5.41, 5.74) is 0.386. The number of anilines is 1. The van der Waals surface area contributed by atoms with Crippen molar-refractivity contribution in [2.24, 2.45) is 0 Å². The molecule has 1 saturated heterocycles. The van der Waals surface area contributed by atoms with E-state index >= 15 is 0 Å². The van der Waals surface area contributed by atoms with Crippen molar-refractivity contribution in [3.8, 4) is 0 Å². The van der Waals surface area contributed by atoms with E-state index in [1.807, 2.05) is 0 Å². The van der Waals surface area contributed by atoms with Crippen LogP contribution in [0.1, 0.15) is 12.8 Å². The van der Waals surface area contributed by atoms with E-state index in [2.05, 4.69) is 31.7 Å². The maximum atomic E-state index is 11.9. The van der Waals surface area contributed by atoms with Gasteiger partial charge in [0, 0.05) is 6.54 Å². The molecule has 1 aliphatic heterocycles. The second-order valence-electron chi connectivity index (χ2n) is 4.87. The van der Waals surface area contributed by atoms with Crippen LogP contribution in [-0.2, 0) is 11.3 Å². The Hall–Kier alpha value is -0.960. The largest absolute Gasteiger partial charge is 0.394 e. The average molecular weight is 361 g/mol. The Kier molecular flexibility index (Phi) is 6.62. The van der Waals surface area contributed by atoms with Crippen LogP contribution in [0.15, 0.2) is 15.5 Å². The first-order valence-electron chi connectivity index (χ1n) is 7.15. The van der Waals surface area contributed by atoms with Gasteiger partial charge in [0.15, 0.2) is 0 Å². The molecule has 0 atom stereocenters. The van der Waals surface area contributed by atoms with Crippen molar-refractivity contribution >= 4 is 21.6 Å². The molecular weight excluding hydrogens is 340 g/mol. The minimum absolute atomic E-state index is 0.115. The number of hydrogen-bond donors (Lipinski definition) is 3. The summed E-state index contributed by atoms with van der Waals surface area (Å²) >= 11 is 3.26. The van der Waals surface area contributed by atoms with Gasteiger partial charge in [0.05, 0.1) is 37.7 Å². The van der Waals surface area contributed by atoms with Crippen molar-refractivity contribution in [1.82, 2.24) is 15.1 Å². The smallest absolute Gasteiger partial charge is 0.283 e. The molecule has 0 bridgehead atoms. The van der Waals surface area contributed by atoms with Crippen molar-refractivity contribution in [1.29, 1.82) is 0 Å². The van der Waals surface area contributed by atoms with Gasteiger partial charge in [-0.3, -0.25) is 4.79 Å². The van der Waals surface area contributed by atoms with Crippen molar-refractivity contribution in [2.45, 2.75) is 25.5 Å². The third-order valence-corrected chi connectivity index (χ3v) is 4.12. The van der Waals surface area contributed by atoms with Crippen molar-refractivity contribution < 1.29 is 9.84 Å². The molecular formula is C13H21BrN4O3. The van der Waals surface area contributed by atoms with Crippen LogP contribution >= 0.6 is 15.9 Å². The highest BCUT2D eigenvalue weighted by Gasteiger charge is 2.13. The Morgan fingerprint density at radius 1 is 1.52 bits per heavy atom. The molecule has 0 unspecified atom stereocenters. The van der Waals surface area contributed by atoms with Crippen LogP contribution in [0.2, 0.25) is 0 Å². The zero-order valence-corrected chi connectivity index (χ0v) is 13.4. The van der Waals surface area contributed by atoms with Crippen LogP contribution in [0, 0.1) is 0 Å². The van der Waals surface area contributed by atoms with E-state index in [1.165, 1.54) is 4.68 Å². The van der Waals surface area contributed by atoms with Gasteiger partial charge in [0.25, 0.3) is 5.56 Å². The van der Waals surface area contributed by atoms with E-state index in [1.54, 1.807) is 6.20 Å². The first kappa shape index (κ1) is 16.4. The Bertz CT molecular complexity index is 503. The minimum atomic E-state index is -0.256. The van der Waals surface area contributed by atoms with Gasteiger partial charge < -0.3 is 20.5 Å². The molecule has 118 valence electrons. The molecule has 7 nitrogen and oxygen atoms in total. The highest BCUT2D eigenvalue weighted by Crippen LogP contribution is 2.15. The van der Waals surface area contributed by atoms with Crippen LogP contribution in [0.5, 0.6) is 0 Å². The summed E-state index contributed by atoms with van der Waals surface area (Å²) in [5.74, 6) is 0. The number of aliphatic hydroxyl groups excluding tert-OH is 1. The predicted octanol–water partition coefficient (Wildman–Crippen LogP) is 0.179. The van der Waals surface area contributed by atoms with Gasteiger partial charge in [0.2, 0.25) is 0 Å². The molecule has 0 aliphatic carbocycles. The number of piperidine rings is 1. The Morgan fingerprint density at radius 2 is 2.29 bits per heavy atom. The molecule has 0 radical (unpaired) electrons. The number of ether oxygens (including phenoxy) is 1. The first-order chi connectivity index (χ1) is 10.2. The summed E-state index contributed by atoms with van der Waals surface area (Å²) in [7, 11) is 0. The number of rotatable bonds is 7. The van der Waals surface area contributed by atoms with E-state index in [0.717, 1.165) is 25.9 Å². The fourth-order valence-electron chi connectivity index (χ4n) is 2.22. The zero-order valence-electron chi connectivity index (χ0n) is 11.8. The molecule has 21 heavy (non-hydrogen) atoms. The highest BCUT2D eigenvalue weighted by molar-refractivity contribution is 9.10. The van der Waals surface area contributed by atoms with Crippen molar-refractivity contribution in [3.05, 3.63) is 21.0 Å². The van der Waals surface area contributed by atoms with Gasteiger partial charge in [-0.1, -0.05) is 0 Å². The number of aliphatic hydroxyl groups is 1. The van der Waals surface area contributed by atoms with Gasteiger partial charge >= 0.3 is 0 Å². The third kappa shape index (κ3) is 4.77. The average Bonchev–Trinajstić information content (AvgIpc) is 2.51. The van der Waals surface area contributed by atoms with E-state index in [4.69, 9.17) is 9.84 Å². The van der Waals surface area contributed by atoms with Gasteiger partial charge in [-0.05, 0) is 41.9 Å². The predicted molar refractivity (Wildman–Crippen MR) is 83.6 cm³/mol. The number of nitrogens with one attached hydrogen (secondary N) is 2. The van der Waals surface area contributed by atoms with Gasteiger partial charge in [0.1, 0.15) is 4.47 Å². The third-order valence-electron chi connectivity index (χ3n) is 3.35. The lowest BCUT2D eigenvalue weighted by atomic mass is 10.1.